The lowest BCUT2D eigenvalue weighted by molar-refractivity contribution is -0.116. The number of amides is 1. The van der Waals surface area contributed by atoms with Gasteiger partial charge in [0.2, 0.25) is 5.91 Å². The summed E-state index contributed by atoms with van der Waals surface area (Å²) in [5.74, 6) is -0.0706. The molecule has 0 radical (unpaired) electrons. The van der Waals surface area contributed by atoms with E-state index in [0.29, 0.717) is 0 Å². The third-order valence-corrected chi connectivity index (χ3v) is 5.15. The normalized spacial score (nSPS) is 11.2. The van der Waals surface area contributed by atoms with Crippen LogP contribution in [0.4, 0.5) is 5.69 Å². The predicted molar refractivity (Wildman–Crippen MR) is 116 cm³/mol. The minimum atomic E-state index is -0.0706. The zero-order chi connectivity index (χ0) is 19.8. The minimum absolute atomic E-state index is 0.0706. The molecule has 5 rings (SSSR count). The van der Waals surface area contributed by atoms with E-state index in [0.717, 1.165) is 39.1 Å². The van der Waals surface area contributed by atoms with Crippen molar-refractivity contribution in [3.63, 3.8) is 0 Å². The average molecular weight is 380 g/mol. The largest absolute Gasteiger partial charge is 0.338 e. The van der Waals surface area contributed by atoms with E-state index < -0.39 is 0 Å². The quantitative estimate of drug-likeness (QED) is 0.482. The molecule has 142 valence electrons. The Morgan fingerprint density at radius 2 is 1.79 bits per heavy atom. The number of hydrogen-bond donors (Lipinski definition) is 1. The van der Waals surface area contributed by atoms with Gasteiger partial charge in [-0.1, -0.05) is 42.5 Å². The van der Waals surface area contributed by atoms with E-state index in [2.05, 4.69) is 5.32 Å². The molecule has 5 nitrogen and oxygen atoms in total. The molecule has 0 aliphatic carbocycles. The van der Waals surface area contributed by atoms with Gasteiger partial charge in [-0.2, -0.15) is 0 Å². The summed E-state index contributed by atoms with van der Waals surface area (Å²) in [7, 11) is 0. The second kappa shape index (κ2) is 6.95. The van der Waals surface area contributed by atoms with Crippen molar-refractivity contribution in [3.8, 4) is 11.3 Å². The van der Waals surface area contributed by atoms with E-state index in [1.54, 1.807) is 0 Å². The number of anilines is 1. The maximum Gasteiger partial charge on any atom is 0.244 e. The molecule has 0 aliphatic heterocycles. The van der Waals surface area contributed by atoms with Gasteiger partial charge in [-0.15, -0.1) is 0 Å². The van der Waals surface area contributed by atoms with Gasteiger partial charge in [0, 0.05) is 29.7 Å². The van der Waals surface area contributed by atoms with Crippen molar-refractivity contribution in [2.75, 3.05) is 5.32 Å². The summed E-state index contributed by atoms with van der Waals surface area (Å²) in [5.41, 5.74) is 5.58. The first kappa shape index (κ1) is 17.3. The number of aryl methyl sites for hydroxylation is 1. The molecule has 0 bridgehead atoms. The molecule has 0 spiro atoms. The Bertz CT molecular complexity index is 1350. The molecule has 0 aliphatic rings. The number of para-hydroxylation sites is 2. The molecule has 0 unspecified atom stereocenters. The molecule has 0 atom stereocenters. The smallest absolute Gasteiger partial charge is 0.244 e. The molecular weight excluding hydrogens is 360 g/mol. The summed E-state index contributed by atoms with van der Waals surface area (Å²) in [4.78, 5) is 17.5. The summed E-state index contributed by atoms with van der Waals surface area (Å²) < 4.78 is 3.97. The summed E-state index contributed by atoms with van der Waals surface area (Å²) in [6, 6.07) is 21.9. The van der Waals surface area contributed by atoms with Crippen molar-refractivity contribution in [1.29, 1.82) is 0 Å². The number of nitrogens with one attached hydrogen (secondary N) is 1. The highest BCUT2D eigenvalue weighted by Gasteiger charge is 2.13. The Morgan fingerprint density at radius 3 is 2.69 bits per heavy atom. The number of aromatic nitrogens is 3. The first-order valence-corrected chi connectivity index (χ1v) is 9.56. The molecule has 2 aromatic carbocycles. The van der Waals surface area contributed by atoms with Crippen molar-refractivity contribution in [2.24, 2.45) is 0 Å². The molecule has 29 heavy (non-hydrogen) atoms. The lowest BCUT2D eigenvalue weighted by Crippen LogP contribution is -2.18. The van der Waals surface area contributed by atoms with Gasteiger partial charge in [0.1, 0.15) is 12.2 Å². The number of imidazole rings is 1. The molecule has 0 saturated heterocycles. The van der Waals surface area contributed by atoms with Crippen LogP contribution in [-0.4, -0.2) is 19.9 Å². The molecule has 0 saturated carbocycles. The Kier molecular flexibility index (Phi) is 4.13. The highest BCUT2D eigenvalue weighted by molar-refractivity contribution is 5.96. The topological polar surface area (TPSA) is 51.3 Å². The van der Waals surface area contributed by atoms with E-state index in [1.807, 2.05) is 101 Å². The number of hydrogen-bond acceptors (Lipinski definition) is 2. The maximum atomic E-state index is 12.8. The van der Waals surface area contributed by atoms with Gasteiger partial charge in [0.25, 0.3) is 0 Å². The highest BCUT2D eigenvalue weighted by atomic mass is 16.1. The Hall–Kier alpha value is -3.86. The number of nitrogens with zero attached hydrogens (tertiary/aromatic N) is 3. The Labute approximate surface area is 168 Å². The molecule has 5 heteroatoms. The lowest BCUT2D eigenvalue weighted by atomic mass is 10.1. The summed E-state index contributed by atoms with van der Waals surface area (Å²) in [6.07, 6.45) is 5.92. The van der Waals surface area contributed by atoms with Crippen LogP contribution in [0.2, 0.25) is 0 Å². The van der Waals surface area contributed by atoms with E-state index in [9.17, 15) is 4.79 Å². The highest BCUT2D eigenvalue weighted by Crippen LogP contribution is 2.28. The van der Waals surface area contributed by atoms with Crippen LogP contribution in [0.1, 0.15) is 5.56 Å². The zero-order valence-corrected chi connectivity index (χ0v) is 16.0. The standard InChI is InChI=1S/C24H20N4O/c1-17-7-6-13-28-15-21(26-24(17)28)19-9-3-4-10-20(19)25-23(29)16-27-14-12-18-8-2-5-11-22(18)27/h2-15H,16H2,1H3,(H,25,29). The first-order valence-electron chi connectivity index (χ1n) is 9.56. The fourth-order valence-electron chi connectivity index (χ4n) is 3.72. The number of carbonyl (C=O) groups is 1. The van der Waals surface area contributed by atoms with Crippen LogP contribution in [0.25, 0.3) is 27.8 Å². The second-order valence-electron chi connectivity index (χ2n) is 7.14. The van der Waals surface area contributed by atoms with Gasteiger partial charge in [-0.05, 0) is 42.1 Å². The summed E-state index contributed by atoms with van der Waals surface area (Å²) in [5, 5.41) is 4.19. The summed E-state index contributed by atoms with van der Waals surface area (Å²) >= 11 is 0. The molecule has 0 fully saturated rings. The van der Waals surface area contributed by atoms with Crippen LogP contribution >= 0.6 is 0 Å². The average Bonchev–Trinajstić information content (AvgIpc) is 3.34. The molecule has 3 heterocycles. The summed E-state index contributed by atoms with van der Waals surface area (Å²) in [6.45, 7) is 2.30. The fourth-order valence-corrected chi connectivity index (χ4v) is 3.72. The third kappa shape index (κ3) is 3.17. The number of benzene rings is 2. The van der Waals surface area contributed by atoms with Crippen molar-refractivity contribution in [3.05, 3.63) is 90.9 Å². The van der Waals surface area contributed by atoms with E-state index in [1.165, 1.54) is 0 Å². The molecule has 1 N–H and O–H groups in total. The maximum absolute atomic E-state index is 12.8. The van der Waals surface area contributed by atoms with Crippen molar-refractivity contribution in [2.45, 2.75) is 13.5 Å². The predicted octanol–water partition coefficient (Wildman–Crippen LogP) is 4.90. The van der Waals surface area contributed by atoms with Crippen LogP contribution < -0.4 is 5.32 Å². The second-order valence-corrected chi connectivity index (χ2v) is 7.14. The van der Waals surface area contributed by atoms with Crippen LogP contribution in [0.3, 0.4) is 0 Å². The van der Waals surface area contributed by atoms with Crippen LogP contribution in [-0.2, 0) is 11.3 Å². The van der Waals surface area contributed by atoms with E-state index in [-0.39, 0.29) is 12.5 Å². The third-order valence-electron chi connectivity index (χ3n) is 5.15. The SMILES string of the molecule is Cc1cccn2cc(-c3ccccc3NC(=O)Cn3ccc4ccccc43)nc12. The number of fused-ring (bicyclic) bond motifs is 2. The van der Waals surface area contributed by atoms with Crippen LogP contribution in [0.15, 0.2) is 85.3 Å². The number of rotatable bonds is 4. The fraction of sp³-hybridized carbons (Fsp3) is 0.0833. The number of pyridine rings is 1. The van der Waals surface area contributed by atoms with Crippen molar-refractivity contribution >= 4 is 28.1 Å². The van der Waals surface area contributed by atoms with Crippen molar-refractivity contribution < 1.29 is 4.79 Å². The van der Waals surface area contributed by atoms with Gasteiger partial charge in [0.05, 0.1) is 11.4 Å². The first-order chi connectivity index (χ1) is 14.2. The molecule has 5 aromatic rings. The minimum Gasteiger partial charge on any atom is -0.338 e. The Morgan fingerprint density at radius 1 is 0.966 bits per heavy atom. The Balaban J connectivity index is 1.44. The van der Waals surface area contributed by atoms with Crippen LogP contribution in [0.5, 0.6) is 0 Å². The number of carbonyl (C=O) groups excluding carboxylic acids is 1. The molecular formula is C24H20N4O. The van der Waals surface area contributed by atoms with Gasteiger partial charge in [-0.3, -0.25) is 4.79 Å². The lowest BCUT2D eigenvalue weighted by Gasteiger charge is -2.10. The van der Waals surface area contributed by atoms with Crippen molar-refractivity contribution in [1.82, 2.24) is 14.0 Å². The van der Waals surface area contributed by atoms with Gasteiger partial charge in [-0.25, -0.2) is 4.98 Å². The zero-order valence-electron chi connectivity index (χ0n) is 16.0. The van der Waals surface area contributed by atoms with Gasteiger partial charge >= 0.3 is 0 Å². The van der Waals surface area contributed by atoms with Gasteiger partial charge in [0.15, 0.2) is 0 Å². The van der Waals surface area contributed by atoms with Crippen LogP contribution in [0, 0.1) is 6.92 Å². The monoisotopic (exact) mass is 380 g/mol. The molecule has 1 amide bonds. The molecule has 3 aromatic heterocycles. The van der Waals surface area contributed by atoms with Gasteiger partial charge < -0.3 is 14.3 Å². The van der Waals surface area contributed by atoms with E-state index >= 15 is 0 Å². The van der Waals surface area contributed by atoms with E-state index in [4.69, 9.17) is 4.98 Å².